The Kier molecular flexibility index (Phi) is 8.50. The van der Waals surface area contributed by atoms with Crippen molar-refractivity contribution in [2.45, 2.75) is 51.9 Å². The van der Waals surface area contributed by atoms with Crippen molar-refractivity contribution < 1.29 is 0 Å². The lowest BCUT2D eigenvalue weighted by molar-refractivity contribution is 0.620. The Bertz CT molecular complexity index is 132. The second-order valence-electron chi connectivity index (χ2n) is 4.68. The summed E-state index contributed by atoms with van der Waals surface area (Å²) in [7, 11) is 0. The predicted octanol–water partition coefficient (Wildman–Crippen LogP) is 3.69. The van der Waals surface area contributed by atoms with Crippen LogP contribution in [-0.2, 0) is 0 Å². The molecule has 1 N–H and O–H groups in total. The molecule has 2 heteroatoms. The first-order chi connectivity index (χ1) is 7.43. The zero-order valence-electron chi connectivity index (χ0n) is 10.3. The molecule has 0 spiro atoms. The van der Waals surface area contributed by atoms with Crippen LogP contribution in [0.3, 0.4) is 0 Å². The lowest BCUT2D eigenvalue weighted by atomic mass is 10.1. The monoisotopic (exact) mass is 229 g/mol. The van der Waals surface area contributed by atoms with Crippen LogP contribution in [0.15, 0.2) is 0 Å². The standard InChI is InChI=1S/C13H27NS/c1-2-3-6-9-14-10-11-15-12-13-7-4-5-8-13/h13-14H,2-12H2,1H3. The van der Waals surface area contributed by atoms with Gasteiger partial charge in [-0.15, -0.1) is 0 Å². The molecule has 0 radical (unpaired) electrons. The highest BCUT2D eigenvalue weighted by molar-refractivity contribution is 7.99. The summed E-state index contributed by atoms with van der Waals surface area (Å²) in [6.45, 7) is 4.69. The molecule has 0 aromatic rings. The molecule has 0 aromatic carbocycles. The highest BCUT2D eigenvalue weighted by Crippen LogP contribution is 2.27. The second kappa shape index (κ2) is 9.53. The van der Waals surface area contributed by atoms with Gasteiger partial charge in [0, 0.05) is 12.3 Å². The fourth-order valence-electron chi connectivity index (χ4n) is 2.20. The lowest BCUT2D eigenvalue weighted by Gasteiger charge is -2.08. The van der Waals surface area contributed by atoms with E-state index in [1.54, 1.807) is 0 Å². The van der Waals surface area contributed by atoms with Crippen LogP contribution in [-0.4, -0.2) is 24.6 Å². The van der Waals surface area contributed by atoms with E-state index in [1.807, 2.05) is 0 Å². The largest absolute Gasteiger partial charge is 0.316 e. The van der Waals surface area contributed by atoms with E-state index in [2.05, 4.69) is 24.0 Å². The van der Waals surface area contributed by atoms with E-state index < -0.39 is 0 Å². The first-order valence-electron chi connectivity index (χ1n) is 6.72. The van der Waals surface area contributed by atoms with Crippen LogP contribution >= 0.6 is 11.8 Å². The van der Waals surface area contributed by atoms with Crippen LogP contribution < -0.4 is 5.32 Å². The lowest BCUT2D eigenvalue weighted by Crippen LogP contribution is -2.18. The van der Waals surface area contributed by atoms with Crippen molar-refractivity contribution in [3.05, 3.63) is 0 Å². The minimum atomic E-state index is 1.05. The van der Waals surface area contributed by atoms with Gasteiger partial charge in [0.05, 0.1) is 0 Å². The van der Waals surface area contributed by atoms with Gasteiger partial charge in [0.1, 0.15) is 0 Å². The maximum atomic E-state index is 3.52. The van der Waals surface area contributed by atoms with Crippen LogP contribution in [0.1, 0.15) is 51.9 Å². The molecule has 15 heavy (non-hydrogen) atoms. The highest BCUT2D eigenvalue weighted by Gasteiger charge is 2.13. The van der Waals surface area contributed by atoms with Gasteiger partial charge in [0.15, 0.2) is 0 Å². The molecule has 0 saturated heterocycles. The summed E-state index contributed by atoms with van der Waals surface area (Å²) in [5, 5.41) is 3.52. The molecule has 0 heterocycles. The molecule has 0 unspecified atom stereocenters. The summed E-state index contributed by atoms with van der Waals surface area (Å²) in [4.78, 5) is 0. The van der Waals surface area contributed by atoms with E-state index in [9.17, 15) is 0 Å². The zero-order chi connectivity index (χ0) is 10.8. The average Bonchev–Trinajstić information content (AvgIpc) is 2.75. The van der Waals surface area contributed by atoms with Crippen LogP contribution in [0.5, 0.6) is 0 Å². The predicted molar refractivity (Wildman–Crippen MR) is 71.7 cm³/mol. The molecule has 1 aliphatic rings. The zero-order valence-corrected chi connectivity index (χ0v) is 11.1. The number of hydrogen-bond donors (Lipinski definition) is 1. The Morgan fingerprint density at radius 3 is 2.67 bits per heavy atom. The summed E-state index contributed by atoms with van der Waals surface area (Å²) >= 11 is 2.15. The molecule has 0 atom stereocenters. The van der Waals surface area contributed by atoms with Crippen molar-refractivity contribution in [1.29, 1.82) is 0 Å². The van der Waals surface area contributed by atoms with Gasteiger partial charge in [0.25, 0.3) is 0 Å². The van der Waals surface area contributed by atoms with Gasteiger partial charge < -0.3 is 5.32 Å². The minimum absolute atomic E-state index is 1.05. The second-order valence-corrected chi connectivity index (χ2v) is 5.83. The Hall–Kier alpha value is 0.310. The number of hydrogen-bond acceptors (Lipinski definition) is 2. The van der Waals surface area contributed by atoms with Gasteiger partial charge in [-0.3, -0.25) is 0 Å². The van der Waals surface area contributed by atoms with Gasteiger partial charge in [-0.05, 0) is 37.5 Å². The van der Waals surface area contributed by atoms with E-state index >= 15 is 0 Å². The topological polar surface area (TPSA) is 12.0 Å². The summed E-state index contributed by atoms with van der Waals surface area (Å²) < 4.78 is 0. The van der Waals surface area contributed by atoms with Crippen molar-refractivity contribution in [2.75, 3.05) is 24.6 Å². The smallest absolute Gasteiger partial charge is 0.00582 e. The summed E-state index contributed by atoms with van der Waals surface area (Å²) in [6.07, 6.45) is 10.0. The van der Waals surface area contributed by atoms with Gasteiger partial charge in [0.2, 0.25) is 0 Å². The van der Waals surface area contributed by atoms with E-state index in [0.29, 0.717) is 0 Å². The van der Waals surface area contributed by atoms with E-state index in [0.717, 1.165) is 5.92 Å². The first kappa shape index (κ1) is 13.4. The van der Waals surface area contributed by atoms with E-state index in [-0.39, 0.29) is 0 Å². The van der Waals surface area contributed by atoms with Gasteiger partial charge in [-0.25, -0.2) is 0 Å². The first-order valence-corrected chi connectivity index (χ1v) is 7.87. The third-order valence-electron chi connectivity index (χ3n) is 3.21. The molecule has 0 bridgehead atoms. The fraction of sp³-hybridized carbons (Fsp3) is 1.00. The average molecular weight is 229 g/mol. The molecule has 0 amide bonds. The quantitative estimate of drug-likeness (QED) is 0.605. The molecule has 1 fully saturated rings. The van der Waals surface area contributed by atoms with Gasteiger partial charge >= 0.3 is 0 Å². The number of unbranched alkanes of at least 4 members (excludes halogenated alkanes) is 2. The van der Waals surface area contributed by atoms with E-state index in [4.69, 9.17) is 0 Å². The highest BCUT2D eigenvalue weighted by atomic mass is 32.2. The Morgan fingerprint density at radius 1 is 1.13 bits per heavy atom. The van der Waals surface area contributed by atoms with Crippen LogP contribution in [0.2, 0.25) is 0 Å². The van der Waals surface area contributed by atoms with E-state index in [1.165, 1.54) is 69.5 Å². The van der Waals surface area contributed by atoms with Crippen molar-refractivity contribution in [3.8, 4) is 0 Å². The van der Waals surface area contributed by atoms with Crippen molar-refractivity contribution in [1.82, 2.24) is 5.32 Å². The summed E-state index contributed by atoms with van der Waals surface area (Å²) in [5.74, 6) is 3.77. The van der Waals surface area contributed by atoms with Crippen LogP contribution in [0, 0.1) is 5.92 Å². The molecule has 0 aromatic heterocycles. The number of thioether (sulfide) groups is 1. The maximum Gasteiger partial charge on any atom is 0.00582 e. The molecular weight excluding hydrogens is 202 g/mol. The van der Waals surface area contributed by atoms with Crippen LogP contribution in [0.4, 0.5) is 0 Å². The molecule has 1 nitrogen and oxygen atoms in total. The molecule has 1 saturated carbocycles. The normalized spacial score (nSPS) is 17.4. The SMILES string of the molecule is CCCCCNCCSCC1CCCC1. The Balaban J connectivity index is 1.73. The Morgan fingerprint density at radius 2 is 1.93 bits per heavy atom. The van der Waals surface area contributed by atoms with Crippen molar-refractivity contribution in [3.63, 3.8) is 0 Å². The van der Waals surface area contributed by atoms with Crippen molar-refractivity contribution >= 4 is 11.8 Å². The summed E-state index contributed by atoms with van der Waals surface area (Å²) in [5.41, 5.74) is 0. The fourth-order valence-corrected chi connectivity index (χ4v) is 3.32. The maximum absolute atomic E-state index is 3.52. The van der Waals surface area contributed by atoms with Gasteiger partial charge in [-0.1, -0.05) is 32.6 Å². The molecular formula is C13H27NS. The minimum Gasteiger partial charge on any atom is -0.316 e. The third-order valence-corrected chi connectivity index (χ3v) is 4.41. The summed E-state index contributed by atoms with van der Waals surface area (Å²) in [6, 6.07) is 0. The molecule has 90 valence electrons. The third kappa shape index (κ3) is 7.24. The Labute approximate surface area is 99.8 Å². The molecule has 0 aliphatic heterocycles. The number of nitrogens with one attached hydrogen (secondary N) is 1. The van der Waals surface area contributed by atoms with Crippen molar-refractivity contribution in [2.24, 2.45) is 5.92 Å². The van der Waals surface area contributed by atoms with Crippen LogP contribution in [0.25, 0.3) is 0 Å². The number of rotatable bonds is 9. The van der Waals surface area contributed by atoms with Gasteiger partial charge in [-0.2, -0.15) is 11.8 Å². The molecule has 1 aliphatic carbocycles. The molecule has 1 rings (SSSR count).